The van der Waals surface area contributed by atoms with E-state index in [-0.39, 0.29) is 5.78 Å². The standard InChI is InChI=1S/C15H20O3/c1-15(9-5-8-13(16)14(15)17)11-18-10-12-6-3-2-4-7-12/h2-4,6-7,13,16H,5,8-11H2,1H3. The van der Waals surface area contributed by atoms with Gasteiger partial charge in [0.25, 0.3) is 0 Å². The average molecular weight is 248 g/mol. The van der Waals surface area contributed by atoms with Crippen LogP contribution in [0.4, 0.5) is 0 Å². The lowest BCUT2D eigenvalue weighted by atomic mass is 9.74. The third-order valence-corrected chi connectivity index (χ3v) is 3.64. The number of carbonyl (C=O) groups is 1. The predicted octanol–water partition coefficient (Wildman–Crippen LogP) is 2.32. The lowest BCUT2D eigenvalue weighted by molar-refractivity contribution is -0.145. The molecule has 0 saturated heterocycles. The Balaban J connectivity index is 1.87. The summed E-state index contributed by atoms with van der Waals surface area (Å²) in [5.41, 5.74) is 0.580. The number of ketones is 1. The Labute approximate surface area is 108 Å². The summed E-state index contributed by atoms with van der Waals surface area (Å²) in [6, 6.07) is 9.90. The zero-order valence-electron chi connectivity index (χ0n) is 10.8. The van der Waals surface area contributed by atoms with Crippen molar-refractivity contribution in [3.8, 4) is 0 Å². The number of Topliss-reactive ketones (excluding diaryl/α,β-unsaturated/α-hetero) is 1. The molecule has 18 heavy (non-hydrogen) atoms. The van der Waals surface area contributed by atoms with E-state index in [0.29, 0.717) is 19.6 Å². The van der Waals surface area contributed by atoms with Crippen LogP contribution in [-0.4, -0.2) is 23.6 Å². The maximum absolute atomic E-state index is 12.0. The summed E-state index contributed by atoms with van der Waals surface area (Å²) in [6.45, 7) is 2.79. The van der Waals surface area contributed by atoms with E-state index in [0.717, 1.165) is 18.4 Å². The van der Waals surface area contributed by atoms with Crippen LogP contribution >= 0.6 is 0 Å². The highest BCUT2D eigenvalue weighted by atomic mass is 16.5. The van der Waals surface area contributed by atoms with Crippen LogP contribution < -0.4 is 0 Å². The molecule has 1 saturated carbocycles. The second kappa shape index (κ2) is 5.63. The molecule has 1 fully saturated rings. The fourth-order valence-corrected chi connectivity index (χ4v) is 2.45. The first kappa shape index (κ1) is 13.2. The van der Waals surface area contributed by atoms with Crippen molar-refractivity contribution in [3.05, 3.63) is 35.9 Å². The van der Waals surface area contributed by atoms with Gasteiger partial charge >= 0.3 is 0 Å². The fourth-order valence-electron chi connectivity index (χ4n) is 2.45. The van der Waals surface area contributed by atoms with Crippen LogP contribution in [0.25, 0.3) is 0 Å². The Bertz CT molecular complexity index is 401. The largest absolute Gasteiger partial charge is 0.385 e. The van der Waals surface area contributed by atoms with Crippen molar-refractivity contribution in [1.29, 1.82) is 0 Å². The molecule has 1 aromatic carbocycles. The van der Waals surface area contributed by atoms with Crippen LogP contribution in [0.15, 0.2) is 30.3 Å². The number of aliphatic hydroxyl groups excluding tert-OH is 1. The van der Waals surface area contributed by atoms with Gasteiger partial charge in [-0.2, -0.15) is 0 Å². The Morgan fingerprint density at radius 3 is 2.83 bits per heavy atom. The van der Waals surface area contributed by atoms with Crippen molar-refractivity contribution < 1.29 is 14.6 Å². The summed E-state index contributed by atoms with van der Waals surface area (Å²) in [5, 5.41) is 9.62. The molecule has 3 heteroatoms. The number of hydrogen-bond donors (Lipinski definition) is 1. The maximum atomic E-state index is 12.0. The van der Waals surface area contributed by atoms with Crippen molar-refractivity contribution in [1.82, 2.24) is 0 Å². The zero-order chi connectivity index (χ0) is 13.0. The predicted molar refractivity (Wildman–Crippen MR) is 69.1 cm³/mol. The average Bonchev–Trinajstić information content (AvgIpc) is 2.37. The molecule has 1 aromatic rings. The van der Waals surface area contributed by atoms with E-state index in [4.69, 9.17) is 4.74 Å². The Hall–Kier alpha value is -1.19. The van der Waals surface area contributed by atoms with Gasteiger partial charge < -0.3 is 9.84 Å². The van der Waals surface area contributed by atoms with E-state index in [2.05, 4.69) is 0 Å². The molecule has 2 unspecified atom stereocenters. The molecule has 0 heterocycles. The molecular weight excluding hydrogens is 228 g/mol. The van der Waals surface area contributed by atoms with E-state index >= 15 is 0 Å². The first-order valence-electron chi connectivity index (χ1n) is 6.46. The van der Waals surface area contributed by atoms with Crippen molar-refractivity contribution in [2.24, 2.45) is 5.41 Å². The number of rotatable bonds is 4. The molecule has 0 spiro atoms. The highest BCUT2D eigenvalue weighted by Gasteiger charge is 2.40. The smallest absolute Gasteiger partial charge is 0.169 e. The molecule has 0 radical (unpaired) electrons. The van der Waals surface area contributed by atoms with Crippen molar-refractivity contribution in [3.63, 3.8) is 0 Å². The first-order valence-corrected chi connectivity index (χ1v) is 6.46. The molecule has 3 nitrogen and oxygen atoms in total. The van der Waals surface area contributed by atoms with Crippen LogP contribution in [0.5, 0.6) is 0 Å². The van der Waals surface area contributed by atoms with Crippen LogP contribution in [-0.2, 0) is 16.1 Å². The van der Waals surface area contributed by atoms with Gasteiger partial charge in [-0.05, 0) is 24.8 Å². The van der Waals surface area contributed by atoms with Crippen molar-refractivity contribution in [2.75, 3.05) is 6.61 Å². The summed E-state index contributed by atoms with van der Waals surface area (Å²) in [4.78, 5) is 12.0. The summed E-state index contributed by atoms with van der Waals surface area (Å²) in [6.07, 6.45) is 1.48. The lowest BCUT2D eigenvalue weighted by Gasteiger charge is -2.34. The summed E-state index contributed by atoms with van der Waals surface area (Å²) in [7, 11) is 0. The molecular formula is C15H20O3. The second-order valence-corrected chi connectivity index (χ2v) is 5.31. The van der Waals surface area contributed by atoms with Gasteiger partial charge in [0.1, 0.15) is 6.10 Å². The van der Waals surface area contributed by atoms with Crippen LogP contribution in [0.1, 0.15) is 31.7 Å². The van der Waals surface area contributed by atoms with Gasteiger partial charge in [0, 0.05) is 0 Å². The van der Waals surface area contributed by atoms with Crippen molar-refractivity contribution >= 4 is 5.78 Å². The topological polar surface area (TPSA) is 46.5 Å². The monoisotopic (exact) mass is 248 g/mol. The van der Waals surface area contributed by atoms with E-state index in [1.54, 1.807) is 0 Å². The Morgan fingerprint density at radius 2 is 2.11 bits per heavy atom. The second-order valence-electron chi connectivity index (χ2n) is 5.31. The highest BCUT2D eigenvalue weighted by molar-refractivity contribution is 5.89. The number of hydrogen-bond acceptors (Lipinski definition) is 3. The minimum atomic E-state index is -0.802. The molecule has 1 aliphatic carbocycles. The SMILES string of the molecule is CC1(COCc2ccccc2)CCCC(O)C1=O. The molecule has 1 N–H and O–H groups in total. The van der Waals surface area contributed by atoms with E-state index < -0.39 is 11.5 Å². The van der Waals surface area contributed by atoms with Gasteiger partial charge in [-0.1, -0.05) is 37.3 Å². The normalized spacial score (nSPS) is 28.3. The highest BCUT2D eigenvalue weighted by Crippen LogP contribution is 2.33. The van der Waals surface area contributed by atoms with E-state index in [1.165, 1.54) is 0 Å². The van der Waals surface area contributed by atoms with Gasteiger partial charge in [0.2, 0.25) is 0 Å². The molecule has 1 aliphatic rings. The minimum absolute atomic E-state index is 0.0678. The molecule has 0 aromatic heterocycles. The quantitative estimate of drug-likeness (QED) is 0.889. The van der Waals surface area contributed by atoms with Crippen LogP contribution in [0, 0.1) is 5.41 Å². The molecule has 98 valence electrons. The van der Waals surface area contributed by atoms with Crippen LogP contribution in [0.2, 0.25) is 0 Å². The molecule has 2 rings (SSSR count). The lowest BCUT2D eigenvalue weighted by Crippen LogP contribution is -2.43. The third-order valence-electron chi connectivity index (χ3n) is 3.64. The van der Waals surface area contributed by atoms with Crippen molar-refractivity contribution in [2.45, 2.75) is 38.9 Å². The fraction of sp³-hybridized carbons (Fsp3) is 0.533. The van der Waals surface area contributed by atoms with E-state index in [9.17, 15) is 9.90 Å². The number of carbonyl (C=O) groups excluding carboxylic acids is 1. The Morgan fingerprint density at radius 1 is 1.39 bits per heavy atom. The Kier molecular flexibility index (Phi) is 4.15. The first-order chi connectivity index (χ1) is 8.62. The molecule has 2 atom stereocenters. The minimum Gasteiger partial charge on any atom is -0.385 e. The molecule has 0 bridgehead atoms. The molecule has 0 aliphatic heterocycles. The summed E-state index contributed by atoms with van der Waals surface area (Å²) >= 11 is 0. The third kappa shape index (κ3) is 2.98. The number of ether oxygens (including phenoxy) is 1. The number of aliphatic hydroxyl groups is 1. The van der Waals surface area contributed by atoms with Crippen LogP contribution in [0.3, 0.4) is 0 Å². The van der Waals surface area contributed by atoms with Gasteiger partial charge in [-0.25, -0.2) is 0 Å². The zero-order valence-corrected chi connectivity index (χ0v) is 10.8. The maximum Gasteiger partial charge on any atom is 0.169 e. The van der Waals surface area contributed by atoms with Gasteiger partial charge in [-0.15, -0.1) is 0 Å². The summed E-state index contributed by atoms with van der Waals surface area (Å²) in [5.74, 6) is -0.0678. The van der Waals surface area contributed by atoms with Gasteiger partial charge in [0.15, 0.2) is 5.78 Å². The molecule has 0 amide bonds. The summed E-state index contributed by atoms with van der Waals surface area (Å²) < 4.78 is 5.65. The van der Waals surface area contributed by atoms with Gasteiger partial charge in [-0.3, -0.25) is 4.79 Å². The van der Waals surface area contributed by atoms with Gasteiger partial charge in [0.05, 0.1) is 18.6 Å². The number of benzene rings is 1. The van der Waals surface area contributed by atoms with E-state index in [1.807, 2.05) is 37.3 Å².